The molecule has 1 atom stereocenters. The molecule has 3 aromatic rings. The SMILES string of the molecule is COc1cccc(CC(=O)NCCC(Nc2ccccc2)c2ccccc2)c1. The lowest BCUT2D eigenvalue weighted by Crippen LogP contribution is -2.28. The van der Waals surface area contributed by atoms with Crippen molar-refractivity contribution in [3.8, 4) is 5.75 Å². The molecule has 0 aliphatic carbocycles. The van der Waals surface area contributed by atoms with Gasteiger partial charge in [0.15, 0.2) is 0 Å². The van der Waals surface area contributed by atoms with E-state index in [1.54, 1.807) is 7.11 Å². The minimum Gasteiger partial charge on any atom is -0.497 e. The van der Waals surface area contributed by atoms with Crippen molar-refractivity contribution >= 4 is 11.6 Å². The van der Waals surface area contributed by atoms with Crippen LogP contribution in [0.5, 0.6) is 5.75 Å². The van der Waals surface area contributed by atoms with E-state index in [-0.39, 0.29) is 11.9 Å². The second kappa shape index (κ2) is 10.2. The van der Waals surface area contributed by atoms with Crippen LogP contribution in [0.4, 0.5) is 5.69 Å². The number of ether oxygens (including phenoxy) is 1. The Morgan fingerprint density at radius 1 is 0.929 bits per heavy atom. The normalized spacial score (nSPS) is 11.5. The van der Waals surface area contributed by atoms with Crippen molar-refractivity contribution in [2.24, 2.45) is 0 Å². The summed E-state index contributed by atoms with van der Waals surface area (Å²) in [5, 5.41) is 6.60. The molecule has 0 heterocycles. The summed E-state index contributed by atoms with van der Waals surface area (Å²) in [5.74, 6) is 0.779. The van der Waals surface area contributed by atoms with Gasteiger partial charge < -0.3 is 15.4 Å². The summed E-state index contributed by atoms with van der Waals surface area (Å²) in [4.78, 5) is 12.3. The van der Waals surface area contributed by atoms with Crippen LogP contribution in [0.15, 0.2) is 84.9 Å². The number of rotatable bonds is 9. The number of benzene rings is 3. The van der Waals surface area contributed by atoms with Crippen molar-refractivity contribution in [2.45, 2.75) is 18.9 Å². The Labute approximate surface area is 166 Å². The van der Waals surface area contributed by atoms with E-state index in [1.165, 1.54) is 5.56 Å². The van der Waals surface area contributed by atoms with Crippen molar-refractivity contribution in [3.05, 3.63) is 96.1 Å². The van der Waals surface area contributed by atoms with Crippen molar-refractivity contribution in [1.82, 2.24) is 5.32 Å². The molecule has 0 aromatic heterocycles. The zero-order valence-corrected chi connectivity index (χ0v) is 16.1. The molecule has 144 valence electrons. The summed E-state index contributed by atoms with van der Waals surface area (Å²) in [6.07, 6.45) is 1.14. The van der Waals surface area contributed by atoms with Crippen LogP contribution in [0.1, 0.15) is 23.6 Å². The second-order valence-corrected chi connectivity index (χ2v) is 6.64. The molecule has 2 N–H and O–H groups in total. The second-order valence-electron chi connectivity index (χ2n) is 6.64. The Balaban J connectivity index is 1.56. The highest BCUT2D eigenvalue weighted by Crippen LogP contribution is 2.22. The molecular weight excluding hydrogens is 348 g/mol. The zero-order chi connectivity index (χ0) is 19.6. The van der Waals surface area contributed by atoms with Crippen LogP contribution in [0.3, 0.4) is 0 Å². The largest absolute Gasteiger partial charge is 0.497 e. The summed E-state index contributed by atoms with van der Waals surface area (Å²) >= 11 is 0. The predicted molar refractivity (Wildman–Crippen MR) is 114 cm³/mol. The fraction of sp³-hybridized carbons (Fsp3) is 0.208. The Bertz CT molecular complexity index is 866. The van der Waals surface area contributed by atoms with Crippen LogP contribution < -0.4 is 15.4 Å². The van der Waals surface area contributed by atoms with Gasteiger partial charge in [-0.05, 0) is 41.8 Å². The summed E-state index contributed by atoms with van der Waals surface area (Å²) in [6.45, 7) is 0.599. The Morgan fingerprint density at radius 3 is 2.36 bits per heavy atom. The average Bonchev–Trinajstić information content (AvgIpc) is 2.74. The maximum absolute atomic E-state index is 12.3. The first-order valence-corrected chi connectivity index (χ1v) is 9.51. The topological polar surface area (TPSA) is 50.4 Å². The van der Waals surface area contributed by atoms with Crippen molar-refractivity contribution < 1.29 is 9.53 Å². The maximum Gasteiger partial charge on any atom is 0.224 e. The van der Waals surface area contributed by atoms with Gasteiger partial charge >= 0.3 is 0 Å². The molecule has 0 aliphatic heterocycles. The number of carbonyl (C=O) groups is 1. The van der Waals surface area contributed by atoms with Gasteiger partial charge in [0.05, 0.1) is 19.6 Å². The van der Waals surface area contributed by atoms with Crippen LogP contribution >= 0.6 is 0 Å². The number of methoxy groups -OCH3 is 1. The molecule has 4 nitrogen and oxygen atoms in total. The van der Waals surface area contributed by atoms with Gasteiger partial charge in [-0.1, -0.05) is 60.7 Å². The van der Waals surface area contributed by atoms with Crippen LogP contribution in [0, 0.1) is 0 Å². The summed E-state index contributed by atoms with van der Waals surface area (Å²) in [5.41, 5.74) is 3.21. The number of hydrogen-bond acceptors (Lipinski definition) is 3. The lowest BCUT2D eigenvalue weighted by molar-refractivity contribution is -0.120. The van der Waals surface area contributed by atoms with E-state index in [2.05, 4.69) is 34.9 Å². The van der Waals surface area contributed by atoms with Gasteiger partial charge in [0, 0.05) is 12.2 Å². The van der Waals surface area contributed by atoms with Gasteiger partial charge in [-0.2, -0.15) is 0 Å². The molecule has 0 spiro atoms. The number of carbonyl (C=O) groups excluding carboxylic acids is 1. The molecule has 4 heteroatoms. The first-order chi connectivity index (χ1) is 13.7. The highest BCUT2D eigenvalue weighted by Gasteiger charge is 2.12. The van der Waals surface area contributed by atoms with Crippen LogP contribution in [0.25, 0.3) is 0 Å². The Kier molecular flexibility index (Phi) is 7.08. The van der Waals surface area contributed by atoms with Gasteiger partial charge in [-0.15, -0.1) is 0 Å². The monoisotopic (exact) mass is 374 g/mol. The average molecular weight is 374 g/mol. The minimum atomic E-state index is 0.0137. The third-order valence-electron chi connectivity index (χ3n) is 4.57. The van der Waals surface area contributed by atoms with E-state index < -0.39 is 0 Å². The lowest BCUT2D eigenvalue weighted by Gasteiger charge is -2.21. The molecular formula is C24H26N2O2. The molecule has 1 unspecified atom stereocenters. The number of para-hydroxylation sites is 1. The van der Waals surface area contributed by atoms with Crippen molar-refractivity contribution in [1.29, 1.82) is 0 Å². The molecule has 3 aromatic carbocycles. The standard InChI is InChI=1S/C24H26N2O2/c1-28-22-14-8-9-19(17-22)18-24(27)25-16-15-23(20-10-4-2-5-11-20)26-21-12-6-3-7-13-21/h2-14,17,23,26H,15-16,18H2,1H3,(H,25,27). The van der Waals surface area contributed by atoms with Gasteiger partial charge in [0.1, 0.15) is 5.75 Å². The van der Waals surface area contributed by atoms with Gasteiger partial charge in [-0.25, -0.2) is 0 Å². The van der Waals surface area contributed by atoms with Crippen LogP contribution in [0.2, 0.25) is 0 Å². The molecule has 3 rings (SSSR count). The van der Waals surface area contributed by atoms with Crippen LogP contribution in [-0.2, 0) is 11.2 Å². The summed E-state index contributed by atoms with van der Waals surface area (Å²) in [6, 6.07) is 28.2. The molecule has 0 fully saturated rings. The number of anilines is 1. The third kappa shape index (κ3) is 5.88. The van der Waals surface area contributed by atoms with Crippen molar-refractivity contribution in [2.75, 3.05) is 19.0 Å². The van der Waals surface area contributed by atoms with Crippen LogP contribution in [-0.4, -0.2) is 19.6 Å². The summed E-state index contributed by atoms with van der Waals surface area (Å²) < 4.78 is 5.21. The number of hydrogen-bond donors (Lipinski definition) is 2. The smallest absolute Gasteiger partial charge is 0.224 e. The fourth-order valence-corrected chi connectivity index (χ4v) is 3.13. The quantitative estimate of drug-likeness (QED) is 0.576. The molecule has 1 amide bonds. The first kappa shape index (κ1) is 19.5. The van der Waals surface area contributed by atoms with E-state index in [1.807, 2.05) is 60.7 Å². The highest BCUT2D eigenvalue weighted by molar-refractivity contribution is 5.78. The first-order valence-electron chi connectivity index (χ1n) is 9.51. The van der Waals surface area contributed by atoms with E-state index in [0.717, 1.165) is 23.4 Å². The summed E-state index contributed by atoms with van der Waals surface area (Å²) in [7, 11) is 1.63. The molecule has 0 aliphatic rings. The zero-order valence-electron chi connectivity index (χ0n) is 16.1. The molecule has 0 saturated carbocycles. The molecule has 0 radical (unpaired) electrons. The third-order valence-corrected chi connectivity index (χ3v) is 4.57. The molecule has 0 saturated heterocycles. The number of nitrogens with one attached hydrogen (secondary N) is 2. The van der Waals surface area contributed by atoms with Gasteiger partial charge in [0.2, 0.25) is 5.91 Å². The van der Waals surface area contributed by atoms with Gasteiger partial charge in [0.25, 0.3) is 0 Å². The highest BCUT2D eigenvalue weighted by atomic mass is 16.5. The van der Waals surface area contributed by atoms with E-state index in [0.29, 0.717) is 13.0 Å². The van der Waals surface area contributed by atoms with E-state index >= 15 is 0 Å². The van der Waals surface area contributed by atoms with Crippen molar-refractivity contribution in [3.63, 3.8) is 0 Å². The fourth-order valence-electron chi connectivity index (χ4n) is 3.13. The lowest BCUT2D eigenvalue weighted by atomic mass is 10.0. The van der Waals surface area contributed by atoms with E-state index in [4.69, 9.17) is 4.74 Å². The maximum atomic E-state index is 12.3. The molecule has 0 bridgehead atoms. The molecule has 28 heavy (non-hydrogen) atoms. The Hall–Kier alpha value is -3.27. The van der Waals surface area contributed by atoms with Gasteiger partial charge in [-0.3, -0.25) is 4.79 Å². The number of amides is 1. The predicted octanol–water partition coefficient (Wildman–Crippen LogP) is 4.60. The minimum absolute atomic E-state index is 0.0137. The Morgan fingerprint density at radius 2 is 1.64 bits per heavy atom. The van der Waals surface area contributed by atoms with E-state index in [9.17, 15) is 4.79 Å².